The molecule has 1 amide bonds. The molecule has 0 bridgehead atoms. The number of alkyl halides is 2. The molecule has 0 aliphatic carbocycles. The summed E-state index contributed by atoms with van der Waals surface area (Å²) in [6, 6.07) is 9.20. The molecule has 1 fully saturated rings. The summed E-state index contributed by atoms with van der Waals surface area (Å²) in [7, 11) is -3.60. The minimum Gasteiger partial charge on any atom is -0.435 e. The first-order chi connectivity index (χ1) is 14.6. The number of piperazine rings is 1. The fourth-order valence-electron chi connectivity index (χ4n) is 3.29. The molecule has 1 heterocycles. The van der Waals surface area contributed by atoms with Gasteiger partial charge in [-0.05, 0) is 30.3 Å². The zero-order chi connectivity index (χ0) is 22.8. The van der Waals surface area contributed by atoms with Gasteiger partial charge in [0.1, 0.15) is 11.4 Å². The Hall–Kier alpha value is -3.28. The molecule has 2 aromatic rings. The van der Waals surface area contributed by atoms with Crippen molar-refractivity contribution >= 4 is 27.1 Å². The summed E-state index contributed by atoms with van der Waals surface area (Å²) in [5.74, 6) is -0.498. The molecule has 31 heavy (non-hydrogen) atoms. The Bertz CT molecular complexity index is 1100. The van der Waals surface area contributed by atoms with Gasteiger partial charge in [-0.3, -0.25) is 14.9 Å². The number of ether oxygens (including phenoxy) is 1. The van der Waals surface area contributed by atoms with Crippen molar-refractivity contribution in [3.63, 3.8) is 0 Å². The smallest absolute Gasteiger partial charge is 0.387 e. The second-order valence-corrected chi connectivity index (χ2v) is 8.88. The van der Waals surface area contributed by atoms with Gasteiger partial charge in [-0.2, -0.15) is 8.78 Å². The number of nitrogens with zero attached hydrogens (tertiary/aromatic N) is 3. The van der Waals surface area contributed by atoms with Crippen molar-refractivity contribution in [3.8, 4) is 5.75 Å². The van der Waals surface area contributed by atoms with Crippen LogP contribution in [-0.2, 0) is 9.84 Å². The number of hydrogen-bond acceptors (Lipinski definition) is 7. The molecule has 1 aliphatic rings. The summed E-state index contributed by atoms with van der Waals surface area (Å²) < 4.78 is 52.5. The van der Waals surface area contributed by atoms with Crippen molar-refractivity contribution in [2.75, 3.05) is 37.3 Å². The predicted octanol–water partition coefficient (Wildman–Crippen LogP) is 2.56. The molecule has 166 valence electrons. The van der Waals surface area contributed by atoms with E-state index in [1.54, 1.807) is 4.90 Å². The number of carbonyl (C=O) groups is 1. The molecule has 3 rings (SSSR count). The van der Waals surface area contributed by atoms with Crippen molar-refractivity contribution in [3.05, 3.63) is 58.1 Å². The lowest BCUT2D eigenvalue weighted by Crippen LogP contribution is -2.49. The monoisotopic (exact) mass is 455 g/mol. The van der Waals surface area contributed by atoms with Crippen molar-refractivity contribution < 1.29 is 31.7 Å². The van der Waals surface area contributed by atoms with Gasteiger partial charge in [0.15, 0.2) is 9.84 Å². The van der Waals surface area contributed by atoms with E-state index in [4.69, 9.17) is 0 Å². The number of amides is 1. The van der Waals surface area contributed by atoms with E-state index in [9.17, 15) is 32.1 Å². The van der Waals surface area contributed by atoms with Crippen molar-refractivity contribution in [1.82, 2.24) is 4.90 Å². The lowest BCUT2D eigenvalue weighted by molar-refractivity contribution is -0.384. The van der Waals surface area contributed by atoms with Crippen LogP contribution in [0.2, 0.25) is 0 Å². The normalized spacial score (nSPS) is 14.6. The average Bonchev–Trinajstić information content (AvgIpc) is 2.72. The van der Waals surface area contributed by atoms with Crippen molar-refractivity contribution in [1.29, 1.82) is 0 Å². The number of sulfone groups is 1. The van der Waals surface area contributed by atoms with Crippen LogP contribution in [0.4, 0.5) is 20.2 Å². The molecule has 1 aliphatic heterocycles. The molecule has 1 saturated heterocycles. The highest BCUT2D eigenvalue weighted by Crippen LogP contribution is 2.31. The Morgan fingerprint density at radius 3 is 2.39 bits per heavy atom. The first kappa shape index (κ1) is 22.4. The first-order valence-electron chi connectivity index (χ1n) is 9.14. The van der Waals surface area contributed by atoms with Crippen LogP contribution in [0.15, 0.2) is 47.4 Å². The van der Waals surface area contributed by atoms with E-state index in [1.165, 1.54) is 41.3 Å². The Morgan fingerprint density at radius 2 is 1.81 bits per heavy atom. The molecule has 2 aromatic carbocycles. The standard InChI is InChI=1S/C19H19F2N3O6S/c1-31(28,29)15-5-6-16(17(12-15)24(26)27)22-7-9-23(10-8-22)18(25)13-3-2-4-14(11-13)30-19(20)21/h2-6,11-12,19H,7-10H2,1H3. The molecule has 12 heteroatoms. The van der Waals surface area contributed by atoms with Gasteiger partial charge < -0.3 is 14.5 Å². The summed E-state index contributed by atoms with van der Waals surface area (Å²) in [6.45, 7) is -1.97. The lowest BCUT2D eigenvalue weighted by atomic mass is 10.1. The van der Waals surface area contributed by atoms with E-state index in [2.05, 4.69) is 4.74 Å². The predicted molar refractivity (Wildman–Crippen MR) is 107 cm³/mol. The molecule has 0 unspecified atom stereocenters. The summed E-state index contributed by atoms with van der Waals surface area (Å²) in [5, 5.41) is 11.5. The third-order valence-corrected chi connectivity index (χ3v) is 5.90. The maximum Gasteiger partial charge on any atom is 0.387 e. The third kappa shape index (κ3) is 5.26. The van der Waals surface area contributed by atoms with E-state index < -0.39 is 21.4 Å². The SMILES string of the molecule is CS(=O)(=O)c1ccc(N2CCN(C(=O)c3cccc(OC(F)F)c3)CC2)c([N+](=O)[O-])c1. The quantitative estimate of drug-likeness (QED) is 0.486. The van der Waals surface area contributed by atoms with Crippen LogP contribution in [0.1, 0.15) is 10.4 Å². The van der Waals surface area contributed by atoms with Crippen LogP contribution in [0.5, 0.6) is 5.75 Å². The number of carbonyl (C=O) groups excluding carboxylic acids is 1. The second-order valence-electron chi connectivity index (χ2n) is 6.87. The first-order valence-corrected chi connectivity index (χ1v) is 11.0. The Labute approximate surface area is 176 Å². The largest absolute Gasteiger partial charge is 0.435 e. The number of anilines is 1. The highest BCUT2D eigenvalue weighted by Gasteiger charge is 2.27. The summed E-state index contributed by atoms with van der Waals surface area (Å²) >= 11 is 0. The van der Waals surface area contributed by atoms with Crippen molar-refractivity contribution in [2.45, 2.75) is 11.5 Å². The zero-order valence-corrected chi connectivity index (χ0v) is 17.2. The van der Waals surface area contributed by atoms with Gasteiger partial charge in [0.2, 0.25) is 0 Å². The summed E-state index contributed by atoms with van der Waals surface area (Å²) in [6.07, 6.45) is 0.970. The fourth-order valence-corrected chi connectivity index (χ4v) is 3.93. The maximum atomic E-state index is 12.7. The molecular formula is C19H19F2N3O6S. The highest BCUT2D eigenvalue weighted by molar-refractivity contribution is 7.90. The minimum atomic E-state index is -3.60. The summed E-state index contributed by atoms with van der Waals surface area (Å²) in [4.78, 5) is 26.6. The molecule has 0 radical (unpaired) electrons. The number of nitro groups is 1. The van der Waals surface area contributed by atoms with Gasteiger partial charge in [-0.1, -0.05) is 6.07 Å². The van der Waals surface area contributed by atoms with Crippen LogP contribution in [-0.4, -0.2) is 63.2 Å². The fraction of sp³-hybridized carbons (Fsp3) is 0.316. The van der Waals surface area contributed by atoms with Gasteiger partial charge in [0.05, 0.1) is 9.82 Å². The Balaban J connectivity index is 1.74. The molecule has 0 saturated carbocycles. The number of hydrogen-bond donors (Lipinski definition) is 0. The lowest BCUT2D eigenvalue weighted by Gasteiger charge is -2.36. The van der Waals surface area contributed by atoms with E-state index in [-0.39, 0.29) is 59.7 Å². The number of benzene rings is 2. The van der Waals surface area contributed by atoms with Crippen LogP contribution in [0.3, 0.4) is 0 Å². The van der Waals surface area contributed by atoms with Gasteiger partial charge >= 0.3 is 6.61 Å². The van der Waals surface area contributed by atoms with E-state index in [1.807, 2.05) is 0 Å². The second kappa shape index (κ2) is 8.84. The van der Waals surface area contributed by atoms with E-state index >= 15 is 0 Å². The number of rotatable bonds is 6. The third-order valence-electron chi connectivity index (χ3n) is 4.79. The topological polar surface area (TPSA) is 110 Å². The van der Waals surface area contributed by atoms with Crippen LogP contribution in [0.25, 0.3) is 0 Å². The number of nitro benzene ring substituents is 1. The summed E-state index contributed by atoms with van der Waals surface area (Å²) in [5.41, 5.74) is 0.117. The Morgan fingerprint density at radius 1 is 1.13 bits per heavy atom. The van der Waals surface area contributed by atoms with Gasteiger partial charge in [0, 0.05) is 44.1 Å². The van der Waals surface area contributed by atoms with Crippen LogP contribution < -0.4 is 9.64 Å². The molecule has 0 aromatic heterocycles. The van der Waals surface area contributed by atoms with Crippen LogP contribution >= 0.6 is 0 Å². The van der Waals surface area contributed by atoms with E-state index in [0.29, 0.717) is 0 Å². The number of halogens is 2. The highest BCUT2D eigenvalue weighted by atomic mass is 32.2. The van der Waals surface area contributed by atoms with E-state index in [0.717, 1.165) is 12.3 Å². The maximum absolute atomic E-state index is 12.7. The molecule has 0 N–H and O–H groups in total. The van der Waals surface area contributed by atoms with Gasteiger partial charge in [0.25, 0.3) is 11.6 Å². The molecule has 0 spiro atoms. The van der Waals surface area contributed by atoms with Gasteiger partial charge in [-0.15, -0.1) is 0 Å². The van der Waals surface area contributed by atoms with Crippen molar-refractivity contribution in [2.24, 2.45) is 0 Å². The molecular weight excluding hydrogens is 436 g/mol. The van der Waals surface area contributed by atoms with Crippen LogP contribution in [0, 0.1) is 10.1 Å². The zero-order valence-electron chi connectivity index (χ0n) is 16.4. The minimum absolute atomic E-state index is 0.124. The average molecular weight is 455 g/mol. The Kier molecular flexibility index (Phi) is 6.39. The molecule has 9 nitrogen and oxygen atoms in total. The molecule has 0 atom stereocenters. The van der Waals surface area contributed by atoms with Gasteiger partial charge in [-0.25, -0.2) is 8.42 Å².